The molecule has 27 heavy (non-hydrogen) atoms. The smallest absolute Gasteiger partial charge is 0.257 e. The number of aromatic nitrogens is 2. The third-order valence-corrected chi connectivity index (χ3v) is 6.93. The van der Waals surface area contributed by atoms with Gasteiger partial charge >= 0.3 is 0 Å². The van der Waals surface area contributed by atoms with Crippen molar-refractivity contribution in [1.29, 1.82) is 0 Å². The van der Waals surface area contributed by atoms with Gasteiger partial charge in [0.15, 0.2) is 0 Å². The van der Waals surface area contributed by atoms with Crippen LogP contribution in [0.1, 0.15) is 29.8 Å². The van der Waals surface area contributed by atoms with Gasteiger partial charge in [0, 0.05) is 19.6 Å². The molecule has 1 N–H and O–H groups in total. The van der Waals surface area contributed by atoms with E-state index in [2.05, 4.69) is 34.5 Å². The van der Waals surface area contributed by atoms with Gasteiger partial charge in [-0.3, -0.25) is 0 Å². The topological polar surface area (TPSA) is 88.3 Å². The Bertz CT molecular complexity index is 1060. The molecule has 1 saturated heterocycles. The summed E-state index contributed by atoms with van der Waals surface area (Å²) in [6.45, 7) is 5.47. The number of benzene rings is 1. The van der Waals surface area contributed by atoms with Crippen molar-refractivity contribution in [1.82, 2.24) is 19.8 Å². The molecule has 7 nitrogen and oxygen atoms in total. The molecule has 3 aromatic rings. The highest BCUT2D eigenvalue weighted by atomic mass is 32.2. The molecular formula is C19H22N4O3S. The Balaban J connectivity index is 1.73. The molecule has 1 fully saturated rings. The van der Waals surface area contributed by atoms with Crippen LogP contribution in [0.25, 0.3) is 11.1 Å². The molecule has 0 aliphatic carbocycles. The Morgan fingerprint density at radius 1 is 1.30 bits per heavy atom. The van der Waals surface area contributed by atoms with E-state index in [-0.39, 0.29) is 10.9 Å². The van der Waals surface area contributed by atoms with Crippen LogP contribution in [0.3, 0.4) is 0 Å². The van der Waals surface area contributed by atoms with Crippen LogP contribution in [0.15, 0.2) is 45.9 Å². The first-order valence-electron chi connectivity index (χ1n) is 9.04. The van der Waals surface area contributed by atoms with E-state index in [9.17, 15) is 8.42 Å². The second kappa shape index (κ2) is 7.03. The highest BCUT2D eigenvalue weighted by molar-refractivity contribution is 7.89. The quantitative estimate of drug-likeness (QED) is 0.741. The molecule has 1 aliphatic heterocycles. The summed E-state index contributed by atoms with van der Waals surface area (Å²) in [6, 6.07) is 9.50. The lowest BCUT2D eigenvalue weighted by Crippen LogP contribution is -2.48. The fourth-order valence-corrected chi connectivity index (χ4v) is 5.02. The van der Waals surface area contributed by atoms with E-state index >= 15 is 0 Å². The molecule has 0 amide bonds. The predicted molar refractivity (Wildman–Crippen MR) is 102 cm³/mol. The van der Waals surface area contributed by atoms with Gasteiger partial charge in [0.05, 0.1) is 23.3 Å². The van der Waals surface area contributed by atoms with Crippen LogP contribution in [0.5, 0.6) is 0 Å². The third kappa shape index (κ3) is 3.24. The molecule has 1 unspecified atom stereocenters. The number of nitrogens with zero attached hydrogens (tertiary/aromatic N) is 3. The number of hydrogen-bond donors (Lipinski definition) is 1. The van der Waals surface area contributed by atoms with Gasteiger partial charge in [-0.2, -0.15) is 4.31 Å². The van der Waals surface area contributed by atoms with E-state index in [1.165, 1.54) is 11.8 Å². The number of rotatable bonds is 4. The Labute approximate surface area is 158 Å². The van der Waals surface area contributed by atoms with Gasteiger partial charge in [0.1, 0.15) is 4.90 Å². The summed E-state index contributed by atoms with van der Waals surface area (Å²) in [7, 11) is -3.70. The van der Waals surface area contributed by atoms with Crippen molar-refractivity contribution in [3.8, 4) is 0 Å². The minimum Gasteiger partial charge on any atom is -0.336 e. The highest BCUT2D eigenvalue weighted by Crippen LogP contribution is 2.30. The predicted octanol–water partition coefficient (Wildman–Crippen LogP) is 2.43. The van der Waals surface area contributed by atoms with Crippen LogP contribution in [-0.4, -0.2) is 42.5 Å². The molecule has 4 rings (SSSR count). The Morgan fingerprint density at radius 2 is 2.07 bits per heavy atom. The lowest BCUT2D eigenvalue weighted by atomic mass is 10.0. The van der Waals surface area contributed by atoms with E-state index in [0.717, 1.165) is 12.0 Å². The fraction of sp³-hybridized carbons (Fsp3) is 0.368. The van der Waals surface area contributed by atoms with E-state index in [4.69, 9.17) is 4.52 Å². The van der Waals surface area contributed by atoms with Crippen LogP contribution in [0.2, 0.25) is 0 Å². The van der Waals surface area contributed by atoms with Gasteiger partial charge in [0.2, 0.25) is 10.0 Å². The van der Waals surface area contributed by atoms with Crippen molar-refractivity contribution < 1.29 is 12.9 Å². The van der Waals surface area contributed by atoms with Gasteiger partial charge < -0.3 is 9.84 Å². The first-order chi connectivity index (χ1) is 13.0. The summed E-state index contributed by atoms with van der Waals surface area (Å²) in [6.07, 6.45) is 2.30. The van der Waals surface area contributed by atoms with E-state index in [1.54, 1.807) is 17.3 Å². The van der Waals surface area contributed by atoms with Crippen molar-refractivity contribution in [2.45, 2.75) is 31.2 Å². The minimum atomic E-state index is -3.70. The SMILES string of the molecule is CCc1ccc(C2CNCCN2S(=O)(=O)c2cnc3onc(C)c3c2)cc1. The molecule has 1 aromatic carbocycles. The van der Waals surface area contributed by atoms with Gasteiger partial charge in [-0.1, -0.05) is 36.3 Å². The monoisotopic (exact) mass is 386 g/mol. The van der Waals surface area contributed by atoms with Crippen molar-refractivity contribution in [2.75, 3.05) is 19.6 Å². The number of nitrogens with one attached hydrogen (secondary N) is 1. The van der Waals surface area contributed by atoms with Crippen LogP contribution < -0.4 is 5.32 Å². The zero-order valence-electron chi connectivity index (χ0n) is 15.3. The van der Waals surface area contributed by atoms with Gasteiger partial charge in [0.25, 0.3) is 5.71 Å². The van der Waals surface area contributed by atoms with Crippen molar-refractivity contribution in [3.05, 3.63) is 53.3 Å². The highest BCUT2D eigenvalue weighted by Gasteiger charge is 2.35. The van der Waals surface area contributed by atoms with E-state index < -0.39 is 10.0 Å². The molecule has 0 saturated carbocycles. The first kappa shape index (κ1) is 18.1. The lowest BCUT2D eigenvalue weighted by molar-refractivity contribution is 0.271. The summed E-state index contributed by atoms with van der Waals surface area (Å²) in [4.78, 5) is 4.30. The normalized spacial score (nSPS) is 18.8. The molecule has 1 aliphatic rings. The van der Waals surface area contributed by atoms with Gasteiger partial charge in [-0.05, 0) is 30.5 Å². The lowest BCUT2D eigenvalue weighted by Gasteiger charge is -2.35. The minimum absolute atomic E-state index is 0.165. The van der Waals surface area contributed by atoms with Gasteiger partial charge in [-0.15, -0.1) is 0 Å². The summed E-state index contributed by atoms with van der Waals surface area (Å²) >= 11 is 0. The summed E-state index contributed by atoms with van der Waals surface area (Å²) in [5, 5.41) is 7.78. The second-order valence-electron chi connectivity index (χ2n) is 6.72. The van der Waals surface area contributed by atoms with Crippen molar-refractivity contribution in [2.24, 2.45) is 0 Å². The standard InChI is InChI=1S/C19H22N4O3S/c1-3-14-4-6-15(7-5-14)18-12-20-8-9-23(18)27(24,25)16-10-17-13(2)22-26-19(17)21-11-16/h4-7,10-11,18,20H,3,8-9,12H2,1-2H3. The third-order valence-electron chi connectivity index (χ3n) is 5.06. The Kier molecular flexibility index (Phi) is 4.71. The number of pyridine rings is 1. The molecule has 142 valence electrons. The molecule has 2 aromatic heterocycles. The van der Waals surface area contributed by atoms with E-state index in [0.29, 0.717) is 36.4 Å². The first-order valence-corrected chi connectivity index (χ1v) is 10.5. The number of fused-ring (bicyclic) bond motifs is 1. The van der Waals surface area contributed by atoms with Crippen LogP contribution in [-0.2, 0) is 16.4 Å². The number of hydrogen-bond acceptors (Lipinski definition) is 6. The maximum atomic E-state index is 13.4. The van der Waals surface area contributed by atoms with Crippen molar-refractivity contribution in [3.63, 3.8) is 0 Å². The average Bonchev–Trinajstić information content (AvgIpc) is 3.08. The molecule has 0 bridgehead atoms. The number of aryl methyl sites for hydroxylation is 2. The summed E-state index contributed by atoms with van der Waals surface area (Å²) < 4.78 is 33.4. The average molecular weight is 386 g/mol. The molecule has 8 heteroatoms. The maximum absolute atomic E-state index is 13.4. The number of sulfonamides is 1. The Hall–Kier alpha value is -2.29. The zero-order valence-corrected chi connectivity index (χ0v) is 16.2. The van der Waals surface area contributed by atoms with E-state index in [1.807, 2.05) is 12.1 Å². The maximum Gasteiger partial charge on any atom is 0.257 e. The molecule has 1 atom stereocenters. The van der Waals surface area contributed by atoms with Crippen LogP contribution in [0.4, 0.5) is 0 Å². The summed E-state index contributed by atoms with van der Waals surface area (Å²) in [5.41, 5.74) is 3.19. The largest absolute Gasteiger partial charge is 0.336 e. The molecule has 0 radical (unpaired) electrons. The zero-order chi connectivity index (χ0) is 19.0. The van der Waals surface area contributed by atoms with Crippen molar-refractivity contribution >= 4 is 21.1 Å². The molecular weight excluding hydrogens is 364 g/mol. The molecule has 0 spiro atoms. The second-order valence-corrected chi connectivity index (χ2v) is 8.61. The van der Waals surface area contributed by atoms with Crippen LogP contribution in [0, 0.1) is 6.92 Å². The molecule has 3 heterocycles. The summed E-state index contributed by atoms with van der Waals surface area (Å²) in [5.74, 6) is 0. The fourth-order valence-electron chi connectivity index (χ4n) is 3.44. The van der Waals surface area contributed by atoms with Crippen LogP contribution >= 0.6 is 0 Å². The van der Waals surface area contributed by atoms with Gasteiger partial charge in [-0.25, -0.2) is 13.4 Å². The number of piperazine rings is 1. The Morgan fingerprint density at radius 3 is 2.81 bits per heavy atom.